The van der Waals surface area contributed by atoms with Crippen LogP contribution in [0.15, 0.2) is 22.7 Å². The largest absolute Gasteiger partial charge is 0.334 e. The summed E-state index contributed by atoms with van der Waals surface area (Å²) in [7, 11) is 0. The Morgan fingerprint density at radius 1 is 1.39 bits per heavy atom. The van der Waals surface area contributed by atoms with Crippen LogP contribution < -0.4 is 5.73 Å². The van der Waals surface area contributed by atoms with Gasteiger partial charge in [0.15, 0.2) is 5.82 Å². The first kappa shape index (κ1) is 11.3. The lowest BCUT2D eigenvalue weighted by Gasteiger charge is -2.34. The van der Waals surface area contributed by atoms with Crippen molar-refractivity contribution in [3.63, 3.8) is 0 Å². The van der Waals surface area contributed by atoms with Gasteiger partial charge in [0.2, 0.25) is 0 Å². The molecule has 18 heavy (non-hydrogen) atoms. The van der Waals surface area contributed by atoms with Crippen LogP contribution in [0.25, 0.3) is 11.5 Å². The highest BCUT2D eigenvalue weighted by Gasteiger charge is 2.39. The lowest BCUT2D eigenvalue weighted by molar-refractivity contribution is 0.229. The molecular formula is C13H14FN3O. The molecule has 0 unspecified atom stereocenters. The standard InChI is InChI=1S/C13H14FN3O/c1-8-3-4-9(14)7-10(8)11-16-12(17-18-11)13(15)5-2-6-13/h3-4,7H,2,5-6,15H2,1H3. The van der Waals surface area contributed by atoms with Gasteiger partial charge in [-0.1, -0.05) is 11.2 Å². The molecule has 0 amide bonds. The first-order valence-electron chi connectivity index (χ1n) is 5.98. The van der Waals surface area contributed by atoms with E-state index in [0.29, 0.717) is 17.3 Å². The van der Waals surface area contributed by atoms with Gasteiger partial charge in [0.1, 0.15) is 5.82 Å². The average molecular weight is 247 g/mol. The van der Waals surface area contributed by atoms with Crippen molar-refractivity contribution in [2.75, 3.05) is 0 Å². The van der Waals surface area contributed by atoms with Crippen molar-refractivity contribution in [3.8, 4) is 11.5 Å². The Kier molecular flexibility index (Phi) is 2.45. The Bertz CT molecular complexity index is 590. The van der Waals surface area contributed by atoms with Gasteiger partial charge in [0.05, 0.1) is 5.54 Å². The maximum absolute atomic E-state index is 13.2. The summed E-state index contributed by atoms with van der Waals surface area (Å²) in [5, 5.41) is 3.92. The molecule has 1 saturated carbocycles. The van der Waals surface area contributed by atoms with Crippen molar-refractivity contribution in [2.45, 2.75) is 31.7 Å². The summed E-state index contributed by atoms with van der Waals surface area (Å²) < 4.78 is 18.4. The van der Waals surface area contributed by atoms with Crippen LogP contribution in [0.5, 0.6) is 0 Å². The van der Waals surface area contributed by atoms with E-state index in [1.54, 1.807) is 6.07 Å². The fraction of sp³-hybridized carbons (Fsp3) is 0.385. The lowest BCUT2D eigenvalue weighted by Crippen LogP contribution is -2.44. The monoisotopic (exact) mass is 247 g/mol. The van der Waals surface area contributed by atoms with Gasteiger partial charge in [-0.3, -0.25) is 0 Å². The fourth-order valence-corrected chi connectivity index (χ4v) is 2.14. The van der Waals surface area contributed by atoms with Gasteiger partial charge in [-0.25, -0.2) is 4.39 Å². The number of hydrogen-bond donors (Lipinski definition) is 1. The number of rotatable bonds is 2. The minimum Gasteiger partial charge on any atom is -0.334 e. The molecule has 0 atom stereocenters. The number of nitrogens with zero attached hydrogens (tertiary/aromatic N) is 2. The van der Waals surface area contributed by atoms with Crippen LogP contribution >= 0.6 is 0 Å². The van der Waals surface area contributed by atoms with Crippen LogP contribution in [0.2, 0.25) is 0 Å². The molecule has 5 heteroatoms. The van der Waals surface area contributed by atoms with E-state index >= 15 is 0 Å². The fourth-order valence-electron chi connectivity index (χ4n) is 2.14. The van der Waals surface area contributed by atoms with Crippen LogP contribution in [-0.2, 0) is 5.54 Å². The zero-order valence-electron chi connectivity index (χ0n) is 10.1. The summed E-state index contributed by atoms with van der Waals surface area (Å²) in [5.41, 5.74) is 7.19. The zero-order valence-corrected chi connectivity index (χ0v) is 10.1. The lowest BCUT2D eigenvalue weighted by atomic mass is 9.77. The predicted molar refractivity (Wildman–Crippen MR) is 64.1 cm³/mol. The maximum Gasteiger partial charge on any atom is 0.258 e. The number of hydrogen-bond acceptors (Lipinski definition) is 4. The summed E-state index contributed by atoms with van der Waals surface area (Å²) in [6, 6.07) is 4.50. The number of aryl methyl sites for hydroxylation is 1. The highest BCUT2D eigenvalue weighted by Crippen LogP contribution is 2.37. The highest BCUT2D eigenvalue weighted by molar-refractivity contribution is 5.58. The Labute approximate surface area is 104 Å². The molecule has 94 valence electrons. The predicted octanol–water partition coefficient (Wildman–Crippen LogP) is 2.52. The van der Waals surface area contributed by atoms with Gasteiger partial charge in [-0.2, -0.15) is 4.98 Å². The summed E-state index contributed by atoms with van der Waals surface area (Å²) in [6.07, 6.45) is 2.82. The van der Waals surface area contributed by atoms with E-state index in [-0.39, 0.29) is 5.82 Å². The zero-order chi connectivity index (χ0) is 12.8. The molecule has 2 N–H and O–H groups in total. The van der Waals surface area contributed by atoms with Crippen molar-refractivity contribution < 1.29 is 8.91 Å². The molecule has 0 spiro atoms. The van der Waals surface area contributed by atoms with Crippen molar-refractivity contribution in [1.82, 2.24) is 10.1 Å². The first-order chi connectivity index (χ1) is 8.58. The Morgan fingerprint density at radius 2 is 2.17 bits per heavy atom. The summed E-state index contributed by atoms with van der Waals surface area (Å²) in [6.45, 7) is 1.88. The van der Waals surface area contributed by atoms with Crippen LogP contribution in [0.3, 0.4) is 0 Å². The molecule has 0 saturated heterocycles. The van der Waals surface area contributed by atoms with Crippen LogP contribution in [-0.4, -0.2) is 10.1 Å². The van der Waals surface area contributed by atoms with Gasteiger partial charge in [0, 0.05) is 5.56 Å². The molecule has 1 fully saturated rings. The van der Waals surface area contributed by atoms with E-state index in [4.69, 9.17) is 10.3 Å². The molecule has 3 rings (SSSR count). The molecule has 4 nitrogen and oxygen atoms in total. The van der Waals surface area contributed by atoms with Crippen molar-refractivity contribution in [3.05, 3.63) is 35.4 Å². The Morgan fingerprint density at radius 3 is 2.83 bits per heavy atom. The second-order valence-corrected chi connectivity index (χ2v) is 4.89. The molecule has 1 heterocycles. The molecular weight excluding hydrogens is 233 g/mol. The average Bonchev–Trinajstić information content (AvgIpc) is 2.79. The second-order valence-electron chi connectivity index (χ2n) is 4.89. The SMILES string of the molecule is Cc1ccc(F)cc1-c1nc(C2(N)CCC2)no1. The van der Waals surface area contributed by atoms with Gasteiger partial charge in [0.25, 0.3) is 5.89 Å². The second kappa shape index (κ2) is 3.88. The molecule has 0 aliphatic heterocycles. The van der Waals surface area contributed by atoms with E-state index < -0.39 is 5.54 Å². The van der Waals surface area contributed by atoms with Crippen molar-refractivity contribution in [2.24, 2.45) is 5.73 Å². The van der Waals surface area contributed by atoms with E-state index in [0.717, 1.165) is 24.8 Å². The molecule has 0 radical (unpaired) electrons. The van der Waals surface area contributed by atoms with Gasteiger partial charge in [-0.05, 0) is 43.9 Å². The van der Waals surface area contributed by atoms with E-state index in [1.165, 1.54) is 12.1 Å². The summed E-state index contributed by atoms with van der Waals surface area (Å²) >= 11 is 0. The maximum atomic E-state index is 13.2. The third-order valence-electron chi connectivity index (χ3n) is 3.55. The third-order valence-corrected chi connectivity index (χ3v) is 3.55. The van der Waals surface area contributed by atoms with Crippen molar-refractivity contribution >= 4 is 0 Å². The Balaban J connectivity index is 2.00. The van der Waals surface area contributed by atoms with E-state index in [2.05, 4.69) is 10.1 Å². The molecule has 1 aliphatic carbocycles. The van der Waals surface area contributed by atoms with E-state index in [9.17, 15) is 4.39 Å². The van der Waals surface area contributed by atoms with Crippen LogP contribution in [0.4, 0.5) is 4.39 Å². The van der Waals surface area contributed by atoms with Gasteiger partial charge in [-0.15, -0.1) is 0 Å². The van der Waals surface area contributed by atoms with Crippen LogP contribution in [0, 0.1) is 12.7 Å². The quantitative estimate of drug-likeness (QED) is 0.885. The Hall–Kier alpha value is -1.75. The molecule has 2 aromatic rings. The van der Waals surface area contributed by atoms with E-state index in [1.807, 2.05) is 6.92 Å². The minimum absolute atomic E-state index is 0.318. The van der Waals surface area contributed by atoms with Crippen molar-refractivity contribution in [1.29, 1.82) is 0 Å². The highest BCUT2D eigenvalue weighted by atomic mass is 19.1. The number of halogens is 1. The van der Waals surface area contributed by atoms with Gasteiger partial charge >= 0.3 is 0 Å². The number of nitrogens with two attached hydrogens (primary N) is 1. The smallest absolute Gasteiger partial charge is 0.258 e. The molecule has 1 aromatic carbocycles. The van der Waals surface area contributed by atoms with Crippen LogP contribution in [0.1, 0.15) is 30.7 Å². The summed E-state index contributed by atoms with van der Waals surface area (Å²) in [5.74, 6) is 0.535. The number of aromatic nitrogens is 2. The third kappa shape index (κ3) is 1.71. The first-order valence-corrected chi connectivity index (χ1v) is 5.98. The topological polar surface area (TPSA) is 64.9 Å². The molecule has 1 aliphatic rings. The molecule has 1 aromatic heterocycles. The summed E-state index contributed by atoms with van der Waals surface area (Å²) in [4.78, 5) is 4.31. The van der Waals surface area contributed by atoms with Gasteiger partial charge < -0.3 is 10.3 Å². The minimum atomic E-state index is -0.455. The number of benzene rings is 1. The molecule has 0 bridgehead atoms. The normalized spacial score (nSPS) is 17.5.